The minimum absolute atomic E-state index is 0.286. The summed E-state index contributed by atoms with van der Waals surface area (Å²) in [7, 11) is 0. The second-order valence-electron chi connectivity index (χ2n) is 28.1. The fourth-order valence-corrected chi connectivity index (χ4v) is 17.6. The van der Waals surface area contributed by atoms with Crippen LogP contribution in [0, 0.1) is 0 Å². The lowest BCUT2D eigenvalue weighted by molar-refractivity contribution is 0.640. The van der Waals surface area contributed by atoms with E-state index in [9.17, 15) is 0 Å². The molecule has 0 fully saturated rings. The molecule has 6 heterocycles. The molecule has 6 heteroatoms. The highest BCUT2D eigenvalue weighted by molar-refractivity contribution is 6.20. The molecule has 0 saturated carbocycles. The van der Waals surface area contributed by atoms with Crippen molar-refractivity contribution in [2.75, 3.05) is 0 Å². The van der Waals surface area contributed by atoms with Crippen molar-refractivity contribution >= 4 is 87.5 Å². The number of hydrogen-bond donors (Lipinski definition) is 0. The van der Waals surface area contributed by atoms with Crippen LogP contribution in [-0.4, -0.2) is 19.1 Å². The molecular formula is C98H64N4O2. The van der Waals surface area contributed by atoms with Crippen molar-refractivity contribution in [3.63, 3.8) is 0 Å². The smallest absolute Gasteiger partial charge is 0.140 e. The number of furan rings is 2. The highest BCUT2D eigenvalue weighted by atomic mass is 16.3. The maximum absolute atomic E-state index is 7.05. The molecule has 0 amide bonds. The molecule has 0 aliphatic heterocycles. The fraction of sp³-hybridized carbons (Fsp3) is 0.0408. The third-order valence-corrected chi connectivity index (χ3v) is 22.5. The fourth-order valence-electron chi connectivity index (χ4n) is 17.6. The first kappa shape index (κ1) is 59.4. The average Bonchev–Trinajstić information content (AvgIpc) is 1.54. The Hall–Kier alpha value is -13.4. The molecule has 0 N–H and O–H groups in total. The quantitative estimate of drug-likeness (QED) is 0.152. The van der Waals surface area contributed by atoms with Crippen molar-refractivity contribution in [2.45, 2.75) is 24.7 Å². The topological polar surface area (TPSA) is 61.9 Å². The predicted octanol–water partition coefficient (Wildman–Crippen LogP) is 25.5. The molecule has 488 valence electrons. The predicted molar refractivity (Wildman–Crippen MR) is 428 cm³/mol. The van der Waals surface area contributed by atoms with E-state index in [2.05, 4.69) is 375 Å². The molecule has 0 saturated heterocycles. The van der Waals surface area contributed by atoms with Gasteiger partial charge in [0.2, 0.25) is 0 Å². The van der Waals surface area contributed by atoms with E-state index in [-0.39, 0.29) is 10.8 Å². The molecule has 0 bridgehead atoms. The number of pyridine rings is 2. The lowest BCUT2D eigenvalue weighted by Crippen LogP contribution is -2.22. The van der Waals surface area contributed by atoms with Gasteiger partial charge >= 0.3 is 0 Å². The van der Waals surface area contributed by atoms with E-state index in [1.54, 1.807) is 0 Å². The number of rotatable bonds is 8. The van der Waals surface area contributed by atoms with Gasteiger partial charge in [-0.2, -0.15) is 0 Å². The van der Waals surface area contributed by atoms with Crippen LogP contribution in [0.4, 0.5) is 0 Å². The van der Waals surface area contributed by atoms with Gasteiger partial charge in [0.25, 0.3) is 0 Å². The molecule has 0 radical (unpaired) electrons. The molecular weight excluding hydrogens is 1270 g/mol. The summed E-state index contributed by atoms with van der Waals surface area (Å²) in [5.74, 6) is 0. The highest BCUT2D eigenvalue weighted by Crippen LogP contribution is 2.57. The zero-order valence-electron chi connectivity index (χ0n) is 57.1. The van der Waals surface area contributed by atoms with E-state index in [1.807, 2.05) is 0 Å². The third-order valence-electron chi connectivity index (χ3n) is 22.5. The van der Waals surface area contributed by atoms with E-state index in [0.717, 1.165) is 133 Å². The Kier molecular flexibility index (Phi) is 13.2. The third kappa shape index (κ3) is 8.95. The largest absolute Gasteiger partial charge is 0.456 e. The number of fused-ring (bicyclic) bond motifs is 19. The van der Waals surface area contributed by atoms with Gasteiger partial charge in [0.15, 0.2) is 0 Å². The van der Waals surface area contributed by atoms with Crippen LogP contribution in [0.5, 0.6) is 0 Å². The van der Waals surface area contributed by atoms with E-state index < -0.39 is 0 Å². The molecule has 20 aromatic rings. The van der Waals surface area contributed by atoms with E-state index in [0.29, 0.717) is 0 Å². The molecule has 2 unspecified atom stereocenters. The van der Waals surface area contributed by atoms with Crippen molar-refractivity contribution in [1.82, 2.24) is 19.1 Å². The van der Waals surface area contributed by atoms with Crippen molar-refractivity contribution in [1.29, 1.82) is 0 Å². The van der Waals surface area contributed by atoms with Crippen LogP contribution < -0.4 is 0 Å². The van der Waals surface area contributed by atoms with Crippen molar-refractivity contribution in [3.8, 4) is 78.7 Å². The molecule has 6 nitrogen and oxygen atoms in total. The zero-order chi connectivity index (χ0) is 68.8. The average molecular weight is 1330 g/mol. The Labute approximate surface area is 600 Å². The Morgan fingerprint density at radius 1 is 0.250 bits per heavy atom. The standard InChI is InChI=1S/2C49H32N2O/c1-49(33-19-9-4-10-20-33)41-23-13-11-21-35(41)37-27-39-40-28-46-38(29-47(40)52-48(39)30-42(37)49)36-22-12-14-24-45(36)51(46)34-25-43(31-15-5-2-6-16-31)50-44(26-34)32-17-7-3-8-18-32;1-49(33-19-9-4-10-20-33)41-23-13-11-21-35(41)37-25-26-38-40-29-45-39(30-46(40)52-48(38)47(37)49)36-22-12-14-24-44(36)51(45)34-27-42(31-15-5-2-6-16-31)50-43(28-34)32-17-7-3-8-18-32/h2*2-30H,1H3. The zero-order valence-corrected chi connectivity index (χ0v) is 57.1. The van der Waals surface area contributed by atoms with Crippen LogP contribution in [0.15, 0.2) is 361 Å². The minimum Gasteiger partial charge on any atom is -0.456 e. The van der Waals surface area contributed by atoms with E-state index in [1.165, 1.54) is 66.4 Å². The van der Waals surface area contributed by atoms with Crippen molar-refractivity contribution in [3.05, 3.63) is 385 Å². The van der Waals surface area contributed by atoms with E-state index in [4.69, 9.17) is 18.8 Å². The van der Waals surface area contributed by atoms with Crippen LogP contribution in [0.25, 0.3) is 166 Å². The molecule has 104 heavy (non-hydrogen) atoms. The molecule has 2 atom stereocenters. The van der Waals surface area contributed by atoms with Gasteiger partial charge in [-0.15, -0.1) is 0 Å². The molecule has 0 spiro atoms. The molecule has 14 aromatic carbocycles. The summed E-state index contributed by atoms with van der Waals surface area (Å²) in [6, 6.07) is 126. The van der Waals surface area contributed by atoms with Crippen molar-refractivity contribution in [2.24, 2.45) is 0 Å². The van der Waals surface area contributed by atoms with Gasteiger partial charge in [-0.05, 0) is 143 Å². The lowest BCUT2D eigenvalue weighted by atomic mass is 9.74. The first-order valence-corrected chi connectivity index (χ1v) is 35.8. The number of hydrogen-bond acceptors (Lipinski definition) is 4. The molecule has 2 aliphatic rings. The van der Waals surface area contributed by atoms with Gasteiger partial charge in [-0.1, -0.05) is 273 Å². The summed E-state index contributed by atoms with van der Waals surface area (Å²) in [6.07, 6.45) is 0. The monoisotopic (exact) mass is 1330 g/mol. The Bertz CT molecular complexity index is 6740. The lowest BCUT2D eigenvalue weighted by Gasteiger charge is -2.28. The summed E-state index contributed by atoms with van der Waals surface area (Å²) in [5, 5.41) is 9.18. The maximum atomic E-state index is 7.05. The Morgan fingerprint density at radius 2 is 0.625 bits per heavy atom. The highest BCUT2D eigenvalue weighted by Gasteiger charge is 2.44. The number of para-hydroxylation sites is 2. The van der Waals surface area contributed by atoms with Gasteiger partial charge in [0.05, 0.1) is 56.2 Å². The van der Waals surface area contributed by atoms with Crippen LogP contribution in [0.2, 0.25) is 0 Å². The number of aromatic nitrogens is 4. The summed E-state index contributed by atoms with van der Waals surface area (Å²) in [5.41, 5.74) is 30.6. The van der Waals surface area contributed by atoms with Crippen LogP contribution in [-0.2, 0) is 10.8 Å². The van der Waals surface area contributed by atoms with Gasteiger partial charge in [0.1, 0.15) is 22.3 Å². The van der Waals surface area contributed by atoms with Crippen LogP contribution in [0.3, 0.4) is 0 Å². The van der Waals surface area contributed by atoms with Gasteiger partial charge in [-0.25, -0.2) is 9.97 Å². The minimum atomic E-state index is -0.360. The van der Waals surface area contributed by atoms with Gasteiger partial charge in [0, 0.05) is 81.7 Å². The molecule has 6 aromatic heterocycles. The molecule has 22 rings (SSSR count). The summed E-state index contributed by atoms with van der Waals surface area (Å²) >= 11 is 0. The van der Waals surface area contributed by atoms with Gasteiger partial charge < -0.3 is 18.0 Å². The Morgan fingerprint density at radius 3 is 1.12 bits per heavy atom. The van der Waals surface area contributed by atoms with Gasteiger partial charge in [-0.3, -0.25) is 0 Å². The summed E-state index contributed by atoms with van der Waals surface area (Å²) < 4.78 is 18.7. The first-order chi connectivity index (χ1) is 51.3. The summed E-state index contributed by atoms with van der Waals surface area (Å²) in [4.78, 5) is 10.4. The van der Waals surface area contributed by atoms with Crippen LogP contribution in [0.1, 0.15) is 47.2 Å². The SMILES string of the molecule is CC1(c2ccccc2)c2ccccc2-c2cc3c(cc21)oc1cc2c4ccccc4n(-c4cc(-c5ccccc5)nc(-c5ccccc5)c4)c2cc13.CC1(c2ccccc2)c2ccccc2-c2ccc3c(oc4cc5c6ccccc6n(-c6cc(-c7ccccc7)nc(-c7ccccc7)c6)c5cc43)c21. The van der Waals surface area contributed by atoms with Crippen LogP contribution >= 0.6 is 0 Å². The Balaban J connectivity index is 0.000000134. The summed E-state index contributed by atoms with van der Waals surface area (Å²) in [6.45, 7) is 4.71. The maximum Gasteiger partial charge on any atom is 0.140 e. The first-order valence-electron chi connectivity index (χ1n) is 35.8. The second-order valence-corrected chi connectivity index (χ2v) is 28.1. The second kappa shape index (κ2) is 23.1. The van der Waals surface area contributed by atoms with E-state index >= 15 is 0 Å². The number of benzene rings is 14. The molecule has 2 aliphatic carbocycles. The number of nitrogens with zero attached hydrogens (tertiary/aromatic N) is 4. The van der Waals surface area contributed by atoms with Crippen molar-refractivity contribution < 1.29 is 8.83 Å². The normalized spacial score (nSPS) is 15.1.